The molecule has 6 nitrogen and oxygen atoms in total. The molecule has 0 radical (unpaired) electrons. The van der Waals surface area contributed by atoms with Gasteiger partial charge in [-0.05, 0) is 13.0 Å². The van der Waals surface area contributed by atoms with Crippen LogP contribution in [0.25, 0.3) is 0 Å². The normalized spacial score (nSPS) is 11.6. The van der Waals surface area contributed by atoms with Gasteiger partial charge in [-0.1, -0.05) is 6.07 Å². The summed E-state index contributed by atoms with van der Waals surface area (Å²) in [6, 6.07) is 5.73. The molecule has 8 heteroatoms. The lowest BCUT2D eigenvalue weighted by Crippen LogP contribution is -2.38. The summed E-state index contributed by atoms with van der Waals surface area (Å²) >= 11 is 0. The van der Waals surface area contributed by atoms with Crippen molar-refractivity contribution in [1.82, 2.24) is 9.88 Å². The van der Waals surface area contributed by atoms with E-state index in [1.54, 1.807) is 14.0 Å². The van der Waals surface area contributed by atoms with E-state index in [4.69, 9.17) is 10.00 Å². The third-order valence-electron chi connectivity index (χ3n) is 2.68. The third-order valence-corrected chi connectivity index (χ3v) is 2.68. The zero-order chi connectivity index (χ0) is 15.8. The summed E-state index contributed by atoms with van der Waals surface area (Å²) in [5.41, 5.74) is 0. The fourth-order valence-corrected chi connectivity index (χ4v) is 1.38. The Bertz CT molecular complexity index is 519. The number of carbonyl (C=O) groups is 1. The Kier molecular flexibility index (Phi) is 6.33. The molecule has 0 unspecified atom stereocenters. The van der Waals surface area contributed by atoms with Crippen molar-refractivity contribution in [2.45, 2.75) is 25.8 Å². The van der Waals surface area contributed by atoms with Crippen molar-refractivity contribution < 1.29 is 18.3 Å². The van der Waals surface area contributed by atoms with Gasteiger partial charge in [0, 0.05) is 19.2 Å². The Morgan fingerprint density at radius 3 is 2.90 bits per heavy atom. The molecule has 0 bridgehead atoms. The number of hydrogen-bond acceptors (Lipinski definition) is 4. The first kappa shape index (κ1) is 16.6. The summed E-state index contributed by atoms with van der Waals surface area (Å²) in [5.74, 6) is 0.184. The van der Waals surface area contributed by atoms with Crippen molar-refractivity contribution in [3.8, 4) is 11.9 Å². The molecule has 0 aromatic carbocycles. The number of ether oxygens (including phenoxy) is 1. The van der Waals surface area contributed by atoms with Crippen LogP contribution in [0.3, 0.4) is 0 Å². The van der Waals surface area contributed by atoms with Gasteiger partial charge < -0.3 is 9.64 Å². The minimum atomic E-state index is -2.59. The Morgan fingerprint density at radius 2 is 2.29 bits per heavy atom. The molecule has 1 N–H and O–H groups in total. The van der Waals surface area contributed by atoms with E-state index in [0.717, 1.165) is 0 Å². The number of amides is 2. The van der Waals surface area contributed by atoms with Gasteiger partial charge in [0.1, 0.15) is 5.82 Å². The van der Waals surface area contributed by atoms with E-state index in [0.29, 0.717) is 0 Å². The van der Waals surface area contributed by atoms with Crippen LogP contribution in [0.5, 0.6) is 5.88 Å². The van der Waals surface area contributed by atoms with Gasteiger partial charge in [-0.3, -0.25) is 5.32 Å². The molecule has 0 fully saturated rings. The SMILES string of the molecule is C[C@H](CC#N)N(C)C(=O)Nc1cccc(OCC(F)F)n1. The molecule has 1 aromatic heterocycles. The molecule has 1 heterocycles. The molecule has 0 saturated heterocycles. The molecule has 0 saturated carbocycles. The van der Waals surface area contributed by atoms with E-state index in [1.807, 2.05) is 6.07 Å². The summed E-state index contributed by atoms with van der Waals surface area (Å²) in [6.45, 7) is 0.974. The maximum absolute atomic E-state index is 12.0. The van der Waals surface area contributed by atoms with Crippen molar-refractivity contribution >= 4 is 11.8 Å². The summed E-state index contributed by atoms with van der Waals surface area (Å²) < 4.78 is 28.9. The van der Waals surface area contributed by atoms with Gasteiger partial charge in [-0.25, -0.2) is 13.6 Å². The first-order valence-corrected chi connectivity index (χ1v) is 6.22. The van der Waals surface area contributed by atoms with Crippen LogP contribution in [0.1, 0.15) is 13.3 Å². The summed E-state index contributed by atoms with van der Waals surface area (Å²) in [7, 11) is 1.55. The van der Waals surface area contributed by atoms with E-state index in [-0.39, 0.29) is 24.2 Å². The second-order valence-corrected chi connectivity index (χ2v) is 4.32. The van der Waals surface area contributed by atoms with Gasteiger partial charge in [0.05, 0.1) is 12.5 Å². The number of pyridine rings is 1. The Hall–Kier alpha value is -2.43. The molecule has 0 aliphatic heterocycles. The number of alkyl halides is 2. The number of halogens is 2. The fraction of sp³-hybridized carbons (Fsp3) is 0.462. The van der Waals surface area contributed by atoms with Crippen molar-refractivity contribution in [2.24, 2.45) is 0 Å². The number of nitriles is 1. The lowest BCUT2D eigenvalue weighted by Gasteiger charge is -2.23. The lowest BCUT2D eigenvalue weighted by molar-refractivity contribution is 0.0796. The molecule has 0 aliphatic carbocycles. The molecule has 21 heavy (non-hydrogen) atoms. The maximum atomic E-state index is 12.0. The number of urea groups is 1. The average Bonchev–Trinajstić information content (AvgIpc) is 2.45. The predicted octanol–water partition coefficient (Wildman–Crippen LogP) is 2.49. The molecular weight excluding hydrogens is 282 g/mol. The molecule has 114 valence electrons. The third kappa shape index (κ3) is 5.60. The highest BCUT2D eigenvalue weighted by Crippen LogP contribution is 2.13. The number of nitrogens with zero attached hydrogens (tertiary/aromatic N) is 3. The van der Waals surface area contributed by atoms with Crippen molar-refractivity contribution in [2.75, 3.05) is 19.0 Å². The van der Waals surface area contributed by atoms with Crippen LogP contribution in [0, 0.1) is 11.3 Å². The molecule has 0 spiro atoms. The highest BCUT2D eigenvalue weighted by Gasteiger charge is 2.16. The number of nitrogens with one attached hydrogen (secondary N) is 1. The van der Waals surface area contributed by atoms with Crippen LogP contribution in [0.2, 0.25) is 0 Å². The molecule has 1 atom stereocenters. The average molecular weight is 298 g/mol. The van der Waals surface area contributed by atoms with Crippen LogP contribution >= 0.6 is 0 Å². The standard InChI is InChI=1S/C13H16F2N4O2/c1-9(6-7-16)19(2)13(20)18-11-4-3-5-12(17-11)21-8-10(14)15/h3-5,9-10H,6,8H2,1-2H3,(H,17,18,20)/t9-/m1/s1. The quantitative estimate of drug-likeness (QED) is 0.875. The van der Waals surface area contributed by atoms with Gasteiger partial charge in [0.25, 0.3) is 6.43 Å². The van der Waals surface area contributed by atoms with Crippen LogP contribution in [-0.2, 0) is 0 Å². The van der Waals surface area contributed by atoms with Crippen LogP contribution in [-0.4, -0.2) is 42.0 Å². The topological polar surface area (TPSA) is 78.2 Å². The van der Waals surface area contributed by atoms with Gasteiger partial charge in [-0.2, -0.15) is 10.2 Å². The zero-order valence-electron chi connectivity index (χ0n) is 11.7. The first-order chi connectivity index (χ1) is 9.93. The Morgan fingerprint density at radius 1 is 1.57 bits per heavy atom. The van der Waals surface area contributed by atoms with Crippen LogP contribution < -0.4 is 10.1 Å². The first-order valence-electron chi connectivity index (χ1n) is 6.22. The lowest BCUT2D eigenvalue weighted by atomic mass is 10.2. The molecule has 1 aromatic rings. The second-order valence-electron chi connectivity index (χ2n) is 4.32. The summed E-state index contributed by atoms with van der Waals surface area (Å²) in [4.78, 5) is 17.2. The number of rotatable bonds is 6. The second kappa shape index (κ2) is 7.99. The molecule has 2 amide bonds. The van der Waals surface area contributed by atoms with Crippen LogP contribution in [0.15, 0.2) is 18.2 Å². The zero-order valence-corrected chi connectivity index (χ0v) is 11.7. The van der Waals surface area contributed by atoms with E-state index < -0.39 is 19.1 Å². The smallest absolute Gasteiger partial charge is 0.323 e. The van der Waals surface area contributed by atoms with E-state index >= 15 is 0 Å². The number of carbonyl (C=O) groups excluding carboxylic acids is 1. The minimum Gasteiger partial charge on any atom is -0.472 e. The number of aromatic nitrogens is 1. The Labute approximate surface area is 121 Å². The van der Waals surface area contributed by atoms with Crippen molar-refractivity contribution in [3.63, 3.8) is 0 Å². The van der Waals surface area contributed by atoms with Crippen LogP contribution in [0.4, 0.5) is 19.4 Å². The van der Waals surface area contributed by atoms with Gasteiger partial charge in [0.2, 0.25) is 5.88 Å². The molecule has 1 rings (SSSR count). The van der Waals surface area contributed by atoms with Crippen molar-refractivity contribution in [3.05, 3.63) is 18.2 Å². The van der Waals surface area contributed by atoms with E-state index in [9.17, 15) is 13.6 Å². The van der Waals surface area contributed by atoms with Gasteiger partial charge >= 0.3 is 6.03 Å². The predicted molar refractivity (Wildman–Crippen MR) is 72.2 cm³/mol. The van der Waals surface area contributed by atoms with Gasteiger partial charge in [-0.15, -0.1) is 0 Å². The minimum absolute atomic E-state index is 0.000765. The summed E-state index contributed by atoms with van der Waals surface area (Å²) in [6.07, 6.45) is -2.39. The van der Waals surface area contributed by atoms with E-state index in [2.05, 4.69) is 10.3 Å². The molecular formula is C13H16F2N4O2. The largest absolute Gasteiger partial charge is 0.472 e. The number of anilines is 1. The van der Waals surface area contributed by atoms with Crippen molar-refractivity contribution in [1.29, 1.82) is 5.26 Å². The fourth-order valence-electron chi connectivity index (χ4n) is 1.38. The highest BCUT2D eigenvalue weighted by molar-refractivity contribution is 5.88. The van der Waals surface area contributed by atoms with Gasteiger partial charge in [0.15, 0.2) is 6.61 Å². The Balaban J connectivity index is 2.64. The summed E-state index contributed by atoms with van der Waals surface area (Å²) in [5, 5.41) is 11.1. The van der Waals surface area contributed by atoms with E-state index in [1.165, 1.54) is 23.1 Å². The monoisotopic (exact) mass is 298 g/mol. The maximum Gasteiger partial charge on any atom is 0.323 e. The molecule has 0 aliphatic rings. The highest BCUT2D eigenvalue weighted by atomic mass is 19.3. The number of hydrogen-bond donors (Lipinski definition) is 1.